The van der Waals surface area contributed by atoms with E-state index in [1.807, 2.05) is 42.5 Å². The van der Waals surface area contributed by atoms with Crippen LogP contribution in [0.3, 0.4) is 0 Å². The van der Waals surface area contributed by atoms with Crippen LogP contribution in [-0.4, -0.2) is 29.3 Å². The Bertz CT molecular complexity index is 1590. The maximum absolute atomic E-state index is 14.2. The fraction of sp³-hybridized carbons (Fsp3) is 0.235. The zero-order valence-corrected chi connectivity index (χ0v) is 25.4. The van der Waals surface area contributed by atoms with Crippen molar-refractivity contribution in [3.63, 3.8) is 0 Å². The molecule has 1 saturated heterocycles. The van der Waals surface area contributed by atoms with Gasteiger partial charge in [0, 0.05) is 5.69 Å². The molecule has 0 spiro atoms. The number of anilines is 1. The number of imide groups is 1. The van der Waals surface area contributed by atoms with Crippen LogP contribution >= 0.6 is 9.24 Å². The standard InChI is InChI=1S/C34H32F2N3O5P/c35-25-10-6-23(7-11-25)30(38-42)19-18-29(33(40)39-31(45)21-44-34(39)41)32(37-27-14-12-26(36)13-15-27)24-8-16-28(17-9-24)43-20-22-4-2-1-3-5-22/h1-17,29-32,37H,18-21,45H2. The topological polar surface area (TPSA) is 97.3 Å². The van der Waals surface area contributed by atoms with Gasteiger partial charge in [0.15, 0.2) is 0 Å². The number of hydrogen-bond acceptors (Lipinski definition) is 7. The lowest BCUT2D eigenvalue weighted by atomic mass is 9.85. The van der Waals surface area contributed by atoms with Crippen LogP contribution in [0.1, 0.15) is 41.6 Å². The van der Waals surface area contributed by atoms with E-state index in [4.69, 9.17) is 9.47 Å². The summed E-state index contributed by atoms with van der Waals surface area (Å²) in [4.78, 5) is 39.8. The van der Waals surface area contributed by atoms with Crippen LogP contribution in [0.5, 0.6) is 5.75 Å². The number of carbonyl (C=O) groups excluding carboxylic acids is 2. The molecule has 5 atom stereocenters. The molecule has 0 bridgehead atoms. The van der Waals surface area contributed by atoms with Gasteiger partial charge < -0.3 is 14.8 Å². The van der Waals surface area contributed by atoms with Crippen molar-refractivity contribution in [2.75, 3.05) is 11.9 Å². The number of hydrogen-bond donors (Lipinski definition) is 1. The lowest BCUT2D eigenvalue weighted by Crippen LogP contribution is -2.43. The van der Waals surface area contributed by atoms with Gasteiger partial charge in [0.25, 0.3) is 0 Å². The number of nitroso groups, excluding NO2 is 1. The van der Waals surface area contributed by atoms with Crippen LogP contribution in [0.15, 0.2) is 108 Å². The monoisotopic (exact) mass is 631 g/mol. The molecule has 232 valence electrons. The highest BCUT2D eigenvalue weighted by atomic mass is 31.0. The van der Waals surface area contributed by atoms with Crippen LogP contribution < -0.4 is 10.1 Å². The SMILES string of the molecule is O=NC(CCC(C(=O)N1C(=O)OCC1P)C(Nc1ccc(F)cc1)c1ccc(OCc2ccccc2)cc1)c1ccc(F)cc1. The van der Waals surface area contributed by atoms with Crippen LogP contribution in [0.2, 0.25) is 0 Å². The fourth-order valence-electron chi connectivity index (χ4n) is 5.26. The van der Waals surface area contributed by atoms with E-state index in [0.29, 0.717) is 29.2 Å². The smallest absolute Gasteiger partial charge is 0.417 e. The molecule has 8 nitrogen and oxygen atoms in total. The van der Waals surface area contributed by atoms with E-state index >= 15 is 0 Å². The molecular formula is C34H32F2N3O5P. The number of cyclic esters (lactones) is 1. The molecule has 11 heteroatoms. The maximum atomic E-state index is 14.2. The molecule has 4 aromatic carbocycles. The van der Waals surface area contributed by atoms with E-state index in [1.165, 1.54) is 36.4 Å². The Kier molecular flexibility index (Phi) is 10.5. The number of ether oxygens (including phenoxy) is 2. The van der Waals surface area contributed by atoms with E-state index in [1.54, 1.807) is 24.3 Å². The summed E-state index contributed by atoms with van der Waals surface area (Å²) in [6.07, 6.45) is -0.506. The number of halogens is 2. The summed E-state index contributed by atoms with van der Waals surface area (Å²) in [6, 6.07) is 26.5. The fourth-order valence-corrected chi connectivity index (χ4v) is 5.62. The average molecular weight is 632 g/mol. The number of carbonyl (C=O) groups is 2. The van der Waals surface area contributed by atoms with Gasteiger partial charge in [-0.15, -0.1) is 9.24 Å². The zero-order chi connectivity index (χ0) is 31.8. The third kappa shape index (κ3) is 8.08. The lowest BCUT2D eigenvalue weighted by molar-refractivity contribution is -0.133. The molecule has 1 N–H and O–H groups in total. The van der Waals surface area contributed by atoms with Crippen molar-refractivity contribution in [3.05, 3.63) is 136 Å². The minimum absolute atomic E-state index is 0.0273. The van der Waals surface area contributed by atoms with E-state index in [-0.39, 0.29) is 19.4 Å². The third-order valence-electron chi connectivity index (χ3n) is 7.65. The Morgan fingerprint density at radius 2 is 1.53 bits per heavy atom. The summed E-state index contributed by atoms with van der Waals surface area (Å²) in [6.45, 7) is 0.397. The van der Waals surface area contributed by atoms with Crippen molar-refractivity contribution in [3.8, 4) is 5.75 Å². The first-order chi connectivity index (χ1) is 21.8. The summed E-state index contributed by atoms with van der Waals surface area (Å²) in [7, 11) is 2.44. The minimum atomic E-state index is -0.899. The predicted octanol–water partition coefficient (Wildman–Crippen LogP) is 7.78. The highest BCUT2D eigenvalue weighted by Gasteiger charge is 2.42. The van der Waals surface area contributed by atoms with Gasteiger partial charge in [-0.1, -0.05) is 59.8 Å². The first-order valence-electron chi connectivity index (χ1n) is 14.4. The normalized spacial score (nSPS) is 16.4. The second-order valence-electron chi connectivity index (χ2n) is 10.7. The highest BCUT2D eigenvalue weighted by molar-refractivity contribution is 7.17. The molecule has 4 aromatic rings. The summed E-state index contributed by atoms with van der Waals surface area (Å²) < 4.78 is 38.4. The second kappa shape index (κ2) is 14.9. The zero-order valence-electron chi connectivity index (χ0n) is 24.2. The number of nitrogens with one attached hydrogen (secondary N) is 1. The minimum Gasteiger partial charge on any atom is -0.489 e. The Morgan fingerprint density at radius 1 is 0.911 bits per heavy atom. The summed E-state index contributed by atoms with van der Waals surface area (Å²) in [5, 5.41) is 6.61. The maximum Gasteiger partial charge on any atom is 0.417 e. The first kappa shape index (κ1) is 31.7. The Morgan fingerprint density at radius 3 is 2.13 bits per heavy atom. The van der Waals surface area contributed by atoms with E-state index in [0.717, 1.165) is 10.5 Å². The van der Waals surface area contributed by atoms with Crippen molar-refractivity contribution in [1.82, 2.24) is 4.90 Å². The van der Waals surface area contributed by atoms with Crippen LogP contribution in [-0.2, 0) is 16.1 Å². The molecule has 2 amide bonds. The molecule has 1 heterocycles. The summed E-state index contributed by atoms with van der Waals surface area (Å²) in [5.74, 6) is -2.25. The number of nitrogens with zero attached hydrogens (tertiary/aromatic N) is 2. The summed E-state index contributed by atoms with van der Waals surface area (Å²) in [5.41, 5.74) is 2.74. The molecule has 0 saturated carbocycles. The first-order valence-corrected chi connectivity index (χ1v) is 15.1. The van der Waals surface area contributed by atoms with Gasteiger partial charge in [-0.2, -0.15) is 4.91 Å². The largest absolute Gasteiger partial charge is 0.489 e. The number of benzene rings is 4. The van der Waals surface area contributed by atoms with E-state index < -0.39 is 47.4 Å². The second-order valence-corrected chi connectivity index (χ2v) is 11.5. The van der Waals surface area contributed by atoms with Crippen LogP contribution in [0.25, 0.3) is 0 Å². The molecule has 1 aliphatic rings. The highest BCUT2D eigenvalue weighted by Crippen LogP contribution is 2.37. The van der Waals surface area contributed by atoms with Gasteiger partial charge in [-0.05, 0) is 78.1 Å². The molecule has 0 radical (unpaired) electrons. The van der Waals surface area contributed by atoms with Crippen molar-refractivity contribution >= 4 is 26.9 Å². The average Bonchev–Trinajstić information content (AvgIpc) is 3.40. The number of rotatable bonds is 13. The van der Waals surface area contributed by atoms with Crippen LogP contribution in [0.4, 0.5) is 19.3 Å². The molecule has 0 aliphatic carbocycles. The van der Waals surface area contributed by atoms with Gasteiger partial charge in [-0.3, -0.25) is 4.79 Å². The van der Waals surface area contributed by atoms with Crippen molar-refractivity contribution in [1.29, 1.82) is 0 Å². The Hall–Kier alpha value is -4.69. The third-order valence-corrected chi connectivity index (χ3v) is 8.14. The summed E-state index contributed by atoms with van der Waals surface area (Å²) >= 11 is 0. The van der Waals surface area contributed by atoms with E-state index in [9.17, 15) is 23.3 Å². The lowest BCUT2D eigenvalue weighted by Gasteiger charge is -2.32. The quantitative estimate of drug-likeness (QED) is 0.120. The van der Waals surface area contributed by atoms with Gasteiger partial charge in [0.1, 0.15) is 36.6 Å². The van der Waals surface area contributed by atoms with Crippen LogP contribution in [0, 0.1) is 22.5 Å². The van der Waals surface area contributed by atoms with Crippen molar-refractivity contribution in [2.24, 2.45) is 11.1 Å². The predicted molar refractivity (Wildman–Crippen MR) is 169 cm³/mol. The van der Waals surface area contributed by atoms with Gasteiger partial charge in [-0.25, -0.2) is 18.5 Å². The van der Waals surface area contributed by atoms with Gasteiger partial charge in [0.05, 0.1) is 17.7 Å². The van der Waals surface area contributed by atoms with Gasteiger partial charge in [0.2, 0.25) is 5.91 Å². The van der Waals surface area contributed by atoms with Crippen molar-refractivity contribution < 1.29 is 27.8 Å². The Labute approximate surface area is 261 Å². The van der Waals surface area contributed by atoms with Gasteiger partial charge >= 0.3 is 6.09 Å². The molecule has 45 heavy (non-hydrogen) atoms. The molecule has 1 fully saturated rings. The molecule has 5 unspecified atom stereocenters. The number of amides is 2. The molecule has 0 aromatic heterocycles. The van der Waals surface area contributed by atoms with Crippen molar-refractivity contribution in [2.45, 2.75) is 37.3 Å². The molecular weight excluding hydrogens is 599 g/mol. The molecule has 1 aliphatic heterocycles. The van der Waals surface area contributed by atoms with E-state index in [2.05, 4.69) is 19.7 Å². The Balaban J connectivity index is 1.47. The molecule has 5 rings (SSSR count).